The van der Waals surface area contributed by atoms with Crippen LogP contribution in [0.3, 0.4) is 0 Å². The molecule has 0 saturated carbocycles. The normalized spacial score (nSPS) is 20.0. The van der Waals surface area contributed by atoms with E-state index in [1.165, 1.54) is 6.26 Å². The van der Waals surface area contributed by atoms with Crippen molar-refractivity contribution in [2.75, 3.05) is 12.3 Å². The fraction of sp³-hybridized carbons (Fsp3) is 0.444. The average molecular weight is 362 g/mol. The van der Waals surface area contributed by atoms with E-state index in [0.717, 1.165) is 24.8 Å². The summed E-state index contributed by atoms with van der Waals surface area (Å²) in [5.41, 5.74) is 0.867. The SMILES string of the molecule is CCCCCNC(=O)C1CSC(c2ccoc2)N1C(=O)c1ccco1. The molecule has 1 saturated heterocycles. The Morgan fingerprint density at radius 3 is 2.88 bits per heavy atom. The van der Waals surface area contributed by atoms with Gasteiger partial charge < -0.3 is 19.1 Å². The molecule has 2 aromatic rings. The molecule has 3 rings (SSSR count). The van der Waals surface area contributed by atoms with Crippen LogP contribution in [0.4, 0.5) is 0 Å². The van der Waals surface area contributed by atoms with Gasteiger partial charge in [0.05, 0.1) is 18.8 Å². The Morgan fingerprint density at radius 1 is 1.32 bits per heavy atom. The van der Waals surface area contributed by atoms with Gasteiger partial charge in [0.2, 0.25) is 5.91 Å². The van der Waals surface area contributed by atoms with Gasteiger partial charge in [0.15, 0.2) is 5.76 Å². The number of furan rings is 2. The molecule has 1 fully saturated rings. The van der Waals surface area contributed by atoms with Crippen LogP contribution in [-0.2, 0) is 4.79 Å². The van der Waals surface area contributed by atoms with E-state index in [2.05, 4.69) is 12.2 Å². The molecule has 0 bridgehead atoms. The number of unbranched alkanes of at least 4 members (excludes halogenated alkanes) is 2. The Hall–Kier alpha value is -2.15. The second-order valence-electron chi connectivity index (χ2n) is 5.95. The van der Waals surface area contributed by atoms with Gasteiger partial charge in [0.25, 0.3) is 5.91 Å². The summed E-state index contributed by atoms with van der Waals surface area (Å²) in [5.74, 6) is 0.381. The first-order valence-corrected chi connectivity index (χ1v) is 9.54. The van der Waals surface area contributed by atoms with E-state index in [-0.39, 0.29) is 22.9 Å². The van der Waals surface area contributed by atoms with E-state index in [1.54, 1.807) is 41.3 Å². The van der Waals surface area contributed by atoms with E-state index in [0.29, 0.717) is 12.3 Å². The number of nitrogens with one attached hydrogen (secondary N) is 1. The first kappa shape index (κ1) is 17.7. The van der Waals surface area contributed by atoms with Crippen molar-refractivity contribution < 1.29 is 18.4 Å². The van der Waals surface area contributed by atoms with Gasteiger partial charge in [-0.25, -0.2) is 0 Å². The van der Waals surface area contributed by atoms with E-state index < -0.39 is 6.04 Å². The predicted molar refractivity (Wildman–Crippen MR) is 95.1 cm³/mol. The van der Waals surface area contributed by atoms with Crippen LogP contribution >= 0.6 is 11.8 Å². The molecule has 2 aromatic heterocycles. The number of rotatable bonds is 7. The van der Waals surface area contributed by atoms with Gasteiger partial charge >= 0.3 is 0 Å². The van der Waals surface area contributed by atoms with Crippen molar-refractivity contribution in [1.82, 2.24) is 10.2 Å². The van der Waals surface area contributed by atoms with Crippen molar-refractivity contribution in [2.24, 2.45) is 0 Å². The molecule has 2 unspecified atom stereocenters. The molecule has 2 amide bonds. The molecule has 3 heterocycles. The molecule has 134 valence electrons. The fourth-order valence-corrected chi connectivity index (χ4v) is 4.27. The zero-order valence-electron chi connectivity index (χ0n) is 14.1. The molecule has 25 heavy (non-hydrogen) atoms. The fourth-order valence-electron chi connectivity index (χ4n) is 2.86. The second kappa shape index (κ2) is 8.29. The Bertz CT molecular complexity index is 684. The second-order valence-corrected chi connectivity index (χ2v) is 7.06. The number of hydrogen-bond donors (Lipinski definition) is 1. The third-order valence-electron chi connectivity index (χ3n) is 4.18. The van der Waals surface area contributed by atoms with E-state index >= 15 is 0 Å². The lowest BCUT2D eigenvalue weighted by atomic mass is 10.2. The lowest BCUT2D eigenvalue weighted by Gasteiger charge is -2.27. The minimum atomic E-state index is -0.524. The predicted octanol–water partition coefficient (Wildman–Crippen LogP) is 3.44. The van der Waals surface area contributed by atoms with Crippen LogP contribution in [0.15, 0.2) is 45.8 Å². The molecule has 1 aliphatic rings. The van der Waals surface area contributed by atoms with Crippen LogP contribution in [0.5, 0.6) is 0 Å². The van der Waals surface area contributed by atoms with Crippen molar-refractivity contribution in [2.45, 2.75) is 37.6 Å². The van der Waals surface area contributed by atoms with Crippen LogP contribution in [0, 0.1) is 0 Å². The largest absolute Gasteiger partial charge is 0.472 e. The monoisotopic (exact) mass is 362 g/mol. The maximum absolute atomic E-state index is 12.9. The number of thioether (sulfide) groups is 1. The highest BCUT2D eigenvalue weighted by molar-refractivity contribution is 7.99. The smallest absolute Gasteiger partial charge is 0.291 e. The lowest BCUT2D eigenvalue weighted by molar-refractivity contribution is -0.124. The Labute approximate surface area is 150 Å². The van der Waals surface area contributed by atoms with Gasteiger partial charge in [0.1, 0.15) is 11.4 Å². The quantitative estimate of drug-likeness (QED) is 0.764. The Kier molecular flexibility index (Phi) is 5.86. The highest BCUT2D eigenvalue weighted by Gasteiger charge is 2.43. The molecule has 0 aromatic carbocycles. The molecule has 0 spiro atoms. The first-order chi connectivity index (χ1) is 12.2. The van der Waals surface area contributed by atoms with Gasteiger partial charge in [-0.3, -0.25) is 9.59 Å². The summed E-state index contributed by atoms with van der Waals surface area (Å²) >= 11 is 1.56. The summed E-state index contributed by atoms with van der Waals surface area (Å²) in [6.07, 6.45) is 7.76. The lowest BCUT2D eigenvalue weighted by Crippen LogP contribution is -2.48. The van der Waals surface area contributed by atoms with Gasteiger partial charge in [-0.2, -0.15) is 0 Å². The molecule has 1 N–H and O–H groups in total. The Morgan fingerprint density at radius 2 is 2.20 bits per heavy atom. The van der Waals surface area contributed by atoms with Crippen LogP contribution in [0.1, 0.15) is 47.7 Å². The molecule has 0 radical (unpaired) electrons. The summed E-state index contributed by atoms with van der Waals surface area (Å²) in [6.45, 7) is 2.75. The molecule has 0 aliphatic carbocycles. The van der Waals surface area contributed by atoms with Crippen LogP contribution in [0.2, 0.25) is 0 Å². The third kappa shape index (κ3) is 3.92. The summed E-state index contributed by atoms with van der Waals surface area (Å²) in [4.78, 5) is 27.1. The van der Waals surface area contributed by atoms with Crippen molar-refractivity contribution >= 4 is 23.6 Å². The van der Waals surface area contributed by atoms with E-state index in [4.69, 9.17) is 8.83 Å². The van der Waals surface area contributed by atoms with Crippen molar-refractivity contribution in [3.8, 4) is 0 Å². The molecular weight excluding hydrogens is 340 g/mol. The molecular formula is C18H22N2O4S. The zero-order chi connectivity index (χ0) is 17.6. The summed E-state index contributed by atoms with van der Waals surface area (Å²) in [5, 5.41) is 2.69. The van der Waals surface area contributed by atoms with Crippen molar-refractivity contribution in [1.29, 1.82) is 0 Å². The zero-order valence-corrected chi connectivity index (χ0v) is 15.0. The summed E-state index contributed by atoms with van der Waals surface area (Å²) < 4.78 is 10.4. The number of amides is 2. The standard InChI is InChI=1S/C18H22N2O4S/c1-2-3-4-8-19-16(21)14-12-25-18(13-7-10-23-11-13)20(14)17(22)15-6-5-9-24-15/h5-7,9-11,14,18H,2-4,8,12H2,1H3,(H,19,21). The number of nitrogens with zero attached hydrogens (tertiary/aromatic N) is 1. The van der Waals surface area contributed by atoms with Gasteiger partial charge in [-0.15, -0.1) is 11.8 Å². The minimum absolute atomic E-state index is 0.116. The molecule has 7 heteroatoms. The van der Waals surface area contributed by atoms with Gasteiger partial charge in [-0.1, -0.05) is 19.8 Å². The minimum Gasteiger partial charge on any atom is -0.472 e. The highest BCUT2D eigenvalue weighted by Crippen LogP contribution is 2.42. The maximum atomic E-state index is 12.9. The topological polar surface area (TPSA) is 75.7 Å². The van der Waals surface area contributed by atoms with Crippen LogP contribution < -0.4 is 5.32 Å². The van der Waals surface area contributed by atoms with Crippen molar-refractivity contribution in [3.05, 3.63) is 48.3 Å². The molecule has 2 atom stereocenters. The Balaban J connectivity index is 1.77. The van der Waals surface area contributed by atoms with Crippen LogP contribution in [0.25, 0.3) is 0 Å². The number of carbonyl (C=O) groups is 2. The molecule has 6 nitrogen and oxygen atoms in total. The number of carbonyl (C=O) groups excluding carboxylic acids is 2. The van der Waals surface area contributed by atoms with Crippen molar-refractivity contribution in [3.63, 3.8) is 0 Å². The van der Waals surface area contributed by atoms with E-state index in [1.807, 2.05) is 6.07 Å². The van der Waals surface area contributed by atoms with Gasteiger partial charge in [-0.05, 0) is 24.6 Å². The first-order valence-electron chi connectivity index (χ1n) is 8.50. The highest BCUT2D eigenvalue weighted by atomic mass is 32.2. The third-order valence-corrected chi connectivity index (χ3v) is 5.50. The number of hydrogen-bond acceptors (Lipinski definition) is 5. The van der Waals surface area contributed by atoms with Gasteiger partial charge in [0, 0.05) is 17.9 Å². The van der Waals surface area contributed by atoms with E-state index in [9.17, 15) is 9.59 Å². The summed E-state index contributed by atoms with van der Waals surface area (Å²) in [7, 11) is 0. The molecule has 1 aliphatic heterocycles. The summed E-state index contributed by atoms with van der Waals surface area (Å²) in [6, 6.07) is 4.59. The maximum Gasteiger partial charge on any atom is 0.291 e. The average Bonchev–Trinajstić information content (AvgIpc) is 3.37. The van der Waals surface area contributed by atoms with Crippen LogP contribution in [-0.4, -0.2) is 35.1 Å².